The zero-order valence-corrected chi connectivity index (χ0v) is 14.3. The Hall–Kier alpha value is -2.02. The first-order chi connectivity index (χ1) is 11.4. The van der Waals surface area contributed by atoms with E-state index in [1.54, 1.807) is 25.2 Å². The number of carboxylic acid groups (broad SMARTS) is 1. The molecule has 0 saturated carbocycles. The van der Waals surface area contributed by atoms with E-state index in [4.69, 9.17) is 16.7 Å². The lowest BCUT2D eigenvalue weighted by Gasteiger charge is -2.33. The van der Waals surface area contributed by atoms with Crippen LogP contribution in [0.2, 0.25) is 5.02 Å². The molecule has 24 heavy (non-hydrogen) atoms. The Morgan fingerprint density at radius 3 is 2.75 bits per heavy atom. The van der Waals surface area contributed by atoms with Gasteiger partial charge in [0.1, 0.15) is 0 Å². The molecule has 0 aliphatic carbocycles. The first-order valence-electron chi connectivity index (χ1n) is 7.19. The maximum atomic E-state index is 12.8. The minimum absolute atomic E-state index is 0.0321. The fourth-order valence-corrected chi connectivity index (χ4v) is 4.33. The van der Waals surface area contributed by atoms with E-state index in [2.05, 4.69) is 0 Å². The molecule has 7 heteroatoms. The van der Waals surface area contributed by atoms with Crippen molar-refractivity contribution in [3.63, 3.8) is 0 Å². The minimum atomic E-state index is -1.55. The van der Waals surface area contributed by atoms with Crippen LogP contribution < -0.4 is 4.31 Å². The molecule has 2 aromatic carbocycles. The predicted molar refractivity (Wildman–Crippen MR) is 93.2 cm³/mol. The number of carbonyl (C=O) groups is 2. The van der Waals surface area contributed by atoms with Crippen molar-refractivity contribution in [1.29, 1.82) is 0 Å². The van der Waals surface area contributed by atoms with Crippen molar-refractivity contribution in [3.05, 3.63) is 64.2 Å². The third-order valence-electron chi connectivity index (χ3n) is 3.96. The van der Waals surface area contributed by atoms with E-state index in [1.165, 1.54) is 22.5 Å². The summed E-state index contributed by atoms with van der Waals surface area (Å²) >= 11 is 4.42. The van der Waals surface area contributed by atoms with E-state index < -0.39 is 22.6 Å². The average molecular weight is 364 g/mol. The summed E-state index contributed by atoms with van der Waals surface area (Å²) in [6.07, 6.45) is 0.271. The van der Waals surface area contributed by atoms with Crippen molar-refractivity contribution in [3.8, 4) is 0 Å². The van der Waals surface area contributed by atoms with Crippen molar-refractivity contribution < 1.29 is 19.2 Å². The van der Waals surface area contributed by atoms with Gasteiger partial charge in [-0.1, -0.05) is 23.7 Å². The summed E-state index contributed by atoms with van der Waals surface area (Å²) in [5.41, 5.74) is 1.60. The molecule has 2 aromatic rings. The Kier molecular flexibility index (Phi) is 4.54. The predicted octanol–water partition coefficient (Wildman–Crippen LogP) is 2.95. The monoisotopic (exact) mass is 363 g/mol. The topological polar surface area (TPSA) is 80.7 Å². The van der Waals surface area contributed by atoms with E-state index in [1.807, 2.05) is 6.07 Å². The van der Waals surface area contributed by atoms with E-state index in [9.17, 15) is 14.1 Å². The van der Waals surface area contributed by atoms with Gasteiger partial charge in [0.15, 0.2) is 0 Å². The SMILES string of the molecule is CN1c2ccc(C(=O)O)cc2C(=O)C(Cc2cccc(Cl)c2)[S+]1[O-]. The van der Waals surface area contributed by atoms with Crippen molar-refractivity contribution in [2.24, 2.45) is 0 Å². The highest BCUT2D eigenvalue weighted by Crippen LogP contribution is 2.34. The third kappa shape index (κ3) is 3.00. The number of aromatic carboxylic acids is 1. The van der Waals surface area contributed by atoms with Crippen molar-refractivity contribution in [1.82, 2.24) is 0 Å². The highest BCUT2D eigenvalue weighted by Gasteiger charge is 2.42. The maximum absolute atomic E-state index is 12.8. The van der Waals surface area contributed by atoms with Crippen LogP contribution in [0.3, 0.4) is 0 Å². The summed E-state index contributed by atoms with van der Waals surface area (Å²) in [4.78, 5) is 23.9. The molecule has 0 bridgehead atoms. The number of ketones is 1. The zero-order valence-electron chi connectivity index (χ0n) is 12.7. The number of carbonyl (C=O) groups excluding carboxylic acids is 1. The molecule has 1 aliphatic rings. The largest absolute Gasteiger partial charge is 0.592 e. The number of rotatable bonds is 3. The second kappa shape index (κ2) is 6.47. The molecule has 5 nitrogen and oxygen atoms in total. The van der Waals surface area contributed by atoms with Gasteiger partial charge >= 0.3 is 5.97 Å². The number of halogens is 1. The van der Waals surface area contributed by atoms with Crippen LogP contribution in [0.4, 0.5) is 5.69 Å². The molecule has 3 rings (SSSR count). The van der Waals surface area contributed by atoms with E-state index in [0.29, 0.717) is 10.7 Å². The fourth-order valence-electron chi connectivity index (χ4n) is 2.74. The number of hydrogen-bond donors (Lipinski definition) is 1. The highest BCUT2D eigenvalue weighted by atomic mass is 35.5. The van der Waals surface area contributed by atoms with Crippen LogP contribution in [-0.2, 0) is 17.8 Å². The minimum Gasteiger partial charge on any atom is -0.592 e. The molecule has 2 atom stereocenters. The van der Waals surface area contributed by atoms with Crippen LogP contribution in [0.1, 0.15) is 26.3 Å². The van der Waals surface area contributed by atoms with Gasteiger partial charge in [0.25, 0.3) is 0 Å². The van der Waals surface area contributed by atoms with Crippen LogP contribution >= 0.6 is 11.6 Å². The lowest BCUT2D eigenvalue weighted by molar-refractivity contribution is 0.0697. The van der Waals surface area contributed by atoms with Crippen LogP contribution in [0, 0.1) is 0 Å². The van der Waals surface area contributed by atoms with Crippen LogP contribution in [-0.4, -0.2) is 33.7 Å². The van der Waals surface area contributed by atoms with Gasteiger partial charge in [-0.3, -0.25) is 4.79 Å². The van der Waals surface area contributed by atoms with E-state index >= 15 is 0 Å². The van der Waals surface area contributed by atoms with Crippen molar-refractivity contribution in [2.75, 3.05) is 11.4 Å². The average Bonchev–Trinajstić information content (AvgIpc) is 2.56. The summed E-state index contributed by atoms with van der Waals surface area (Å²) in [7, 11) is 1.63. The second-order valence-corrected chi connectivity index (χ2v) is 7.60. The number of benzene rings is 2. The number of nitrogens with zero attached hydrogens (tertiary/aromatic N) is 1. The second-order valence-electron chi connectivity index (χ2n) is 5.50. The molecular formula is C17H14ClNO4S. The Bertz CT molecular complexity index is 826. The maximum Gasteiger partial charge on any atom is 0.335 e. The lowest BCUT2D eigenvalue weighted by Crippen LogP contribution is -2.47. The van der Waals surface area contributed by atoms with Gasteiger partial charge in [0, 0.05) is 11.4 Å². The fraction of sp³-hybridized carbons (Fsp3) is 0.176. The van der Waals surface area contributed by atoms with Crippen LogP contribution in [0.5, 0.6) is 0 Å². The molecule has 2 unspecified atom stereocenters. The standard InChI is InChI=1S/C17H14ClNO4S/c1-19-14-6-5-11(17(21)22)9-13(14)16(20)15(24(19)23)8-10-3-2-4-12(18)7-10/h2-7,9,15H,8H2,1H3,(H,21,22). The van der Waals surface area contributed by atoms with Gasteiger partial charge in [-0.2, -0.15) is 4.31 Å². The highest BCUT2D eigenvalue weighted by molar-refractivity contribution is 7.94. The normalized spacial score (nSPS) is 20.0. The number of hydrogen-bond acceptors (Lipinski definition) is 4. The quantitative estimate of drug-likeness (QED) is 0.848. The molecule has 1 heterocycles. The Labute approximate surface area is 147 Å². The Morgan fingerprint density at radius 1 is 1.33 bits per heavy atom. The summed E-state index contributed by atoms with van der Waals surface area (Å²) in [6.45, 7) is 0. The van der Waals surface area contributed by atoms with Gasteiger partial charge in [-0.05, 0) is 35.9 Å². The molecule has 124 valence electrons. The molecular weight excluding hydrogens is 350 g/mol. The molecule has 0 fully saturated rings. The van der Waals surface area contributed by atoms with Crippen LogP contribution in [0.15, 0.2) is 42.5 Å². The Balaban J connectivity index is 1.99. The third-order valence-corrected chi connectivity index (χ3v) is 5.80. The van der Waals surface area contributed by atoms with Gasteiger partial charge in [0.05, 0.1) is 35.2 Å². The molecule has 0 aromatic heterocycles. The number of anilines is 1. The summed E-state index contributed by atoms with van der Waals surface area (Å²) < 4.78 is 14.2. The molecule has 1 aliphatic heterocycles. The summed E-state index contributed by atoms with van der Waals surface area (Å²) in [5.74, 6) is -1.42. The van der Waals surface area contributed by atoms with Gasteiger partial charge in [0.2, 0.25) is 11.0 Å². The smallest absolute Gasteiger partial charge is 0.335 e. The Morgan fingerprint density at radius 2 is 2.08 bits per heavy atom. The van der Waals surface area contributed by atoms with Crippen molar-refractivity contribution >= 4 is 40.4 Å². The lowest BCUT2D eigenvalue weighted by atomic mass is 9.98. The van der Waals surface area contributed by atoms with E-state index in [0.717, 1.165) is 5.56 Å². The number of Topliss-reactive ketones (excluding diaryl/α,β-unsaturated/α-hetero) is 1. The number of carboxylic acids is 1. The first kappa shape index (κ1) is 16.8. The van der Waals surface area contributed by atoms with E-state index in [-0.39, 0.29) is 23.3 Å². The molecule has 0 saturated heterocycles. The van der Waals surface area contributed by atoms with Gasteiger partial charge in [-0.15, -0.1) is 0 Å². The molecule has 1 N–H and O–H groups in total. The van der Waals surface area contributed by atoms with Gasteiger partial charge in [-0.25, -0.2) is 4.79 Å². The molecule has 0 amide bonds. The molecule has 0 radical (unpaired) electrons. The molecule has 0 spiro atoms. The van der Waals surface area contributed by atoms with Crippen molar-refractivity contribution in [2.45, 2.75) is 11.7 Å². The van der Waals surface area contributed by atoms with Gasteiger partial charge < -0.3 is 9.66 Å². The number of fused-ring (bicyclic) bond motifs is 1. The van der Waals surface area contributed by atoms with Crippen LogP contribution in [0.25, 0.3) is 0 Å². The summed E-state index contributed by atoms with van der Waals surface area (Å²) in [5, 5.41) is 8.89. The first-order valence-corrected chi connectivity index (χ1v) is 8.73. The zero-order chi connectivity index (χ0) is 17.4. The summed E-state index contributed by atoms with van der Waals surface area (Å²) in [6, 6.07) is 11.3.